The molecule has 19 heavy (non-hydrogen) atoms. The van der Waals surface area contributed by atoms with Crippen molar-refractivity contribution in [3.05, 3.63) is 10.9 Å². The number of hydrogen-bond acceptors (Lipinski definition) is 6. The molecule has 0 aromatic carbocycles. The maximum atomic E-state index is 4.73. The van der Waals surface area contributed by atoms with Crippen LogP contribution in [-0.4, -0.2) is 42.7 Å². The first kappa shape index (κ1) is 12.6. The number of nitrogens with zero attached hydrogens (tertiary/aromatic N) is 3. The molecule has 2 aromatic heterocycles. The molecule has 0 saturated carbocycles. The van der Waals surface area contributed by atoms with Crippen molar-refractivity contribution in [3.8, 4) is 0 Å². The molecule has 5 nitrogen and oxygen atoms in total. The van der Waals surface area contributed by atoms with E-state index in [0.717, 1.165) is 54.7 Å². The van der Waals surface area contributed by atoms with Crippen LogP contribution in [-0.2, 0) is 0 Å². The Balaban J connectivity index is 2.04. The van der Waals surface area contributed by atoms with Crippen LogP contribution in [0.4, 0.5) is 11.8 Å². The van der Waals surface area contributed by atoms with Gasteiger partial charge in [-0.2, -0.15) is 4.98 Å². The molecule has 0 spiro atoms. The molecule has 3 rings (SSSR count). The van der Waals surface area contributed by atoms with Gasteiger partial charge in [0.25, 0.3) is 0 Å². The minimum absolute atomic E-state index is 0.854. The van der Waals surface area contributed by atoms with Gasteiger partial charge in [0.2, 0.25) is 5.95 Å². The maximum Gasteiger partial charge on any atom is 0.228 e. The van der Waals surface area contributed by atoms with E-state index in [1.807, 2.05) is 0 Å². The lowest BCUT2D eigenvalue weighted by molar-refractivity contribution is 0.581. The second-order valence-corrected chi connectivity index (χ2v) is 5.95. The summed E-state index contributed by atoms with van der Waals surface area (Å²) in [6.07, 6.45) is 0. The van der Waals surface area contributed by atoms with E-state index in [1.165, 1.54) is 4.88 Å². The van der Waals surface area contributed by atoms with Gasteiger partial charge in [0, 0.05) is 37.6 Å². The molecule has 1 aliphatic rings. The summed E-state index contributed by atoms with van der Waals surface area (Å²) in [5.74, 6) is 1.82. The first-order valence-corrected chi connectivity index (χ1v) is 7.57. The van der Waals surface area contributed by atoms with Crippen LogP contribution >= 0.6 is 11.3 Å². The van der Waals surface area contributed by atoms with E-state index in [9.17, 15) is 0 Å². The Bertz CT molecular complexity index is 574. The Morgan fingerprint density at radius 2 is 2.16 bits per heavy atom. The second-order valence-electron chi connectivity index (χ2n) is 4.72. The van der Waals surface area contributed by atoms with Gasteiger partial charge in [0.05, 0.1) is 5.39 Å². The number of hydrogen-bond donors (Lipinski definition) is 2. The normalized spacial score (nSPS) is 16.0. The zero-order valence-electron chi connectivity index (χ0n) is 11.4. The number of rotatable bonds is 3. The van der Waals surface area contributed by atoms with Gasteiger partial charge in [0.1, 0.15) is 10.6 Å². The highest BCUT2D eigenvalue weighted by atomic mass is 32.1. The minimum Gasteiger partial charge on any atom is -0.370 e. The lowest BCUT2D eigenvalue weighted by atomic mass is 10.3. The number of fused-ring (bicyclic) bond motifs is 1. The van der Waals surface area contributed by atoms with Crippen molar-refractivity contribution >= 4 is 33.3 Å². The SMILES string of the molecule is CCNc1nc(N2CCNCC2)nc2sc(C)cc12. The Kier molecular flexibility index (Phi) is 3.52. The molecule has 2 N–H and O–H groups in total. The Hall–Kier alpha value is -1.40. The number of anilines is 2. The van der Waals surface area contributed by atoms with Gasteiger partial charge in [0.15, 0.2) is 0 Å². The summed E-state index contributed by atoms with van der Waals surface area (Å²) >= 11 is 1.74. The standard InChI is InChI=1S/C13H19N5S/c1-3-15-11-10-8-9(2)19-12(10)17-13(16-11)18-6-4-14-5-7-18/h8,14H,3-7H2,1-2H3,(H,15,16,17). The fourth-order valence-electron chi connectivity index (χ4n) is 2.34. The van der Waals surface area contributed by atoms with Gasteiger partial charge in [-0.3, -0.25) is 0 Å². The van der Waals surface area contributed by atoms with E-state index in [2.05, 4.69) is 35.4 Å². The fourth-order valence-corrected chi connectivity index (χ4v) is 3.21. The number of nitrogens with one attached hydrogen (secondary N) is 2. The molecule has 0 radical (unpaired) electrons. The molecule has 3 heterocycles. The van der Waals surface area contributed by atoms with Crippen molar-refractivity contribution in [2.45, 2.75) is 13.8 Å². The summed E-state index contributed by atoms with van der Waals surface area (Å²) in [6, 6.07) is 2.17. The summed E-state index contributed by atoms with van der Waals surface area (Å²) in [6.45, 7) is 9.04. The van der Waals surface area contributed by atoms with Crippen LogP contribution in [0.25, 0.3) is 10.2 Å². The monoisotopic (exact) mass is 277 g/mol. The van der Waals surface area contributed by atoms with Crippen LogP contribution in [0, 0.1) is 6.92 Å². The Morgan fingerprint density at radius 3 is 2.89 bits per heavy atom. The highest BCUT2D eigenvalue weighted by molar-refractivity contribution is 7.18. The van der Waals surface area contributed by atoms with E-state index < -0.39 is 0 Å². The zero-order valence-corrected chi connectivity index (χ0v) is 12.2. The van der Waals surface area contributed by atoms with Crippen LogP contribution in [0.5, 0.6) is 0 Å². The number of aryl methyl sites for hydroxylation is 1. The lowest BCUT2D eigenvalue weighted by Crippen LogP contribution is -2.44. The molecule has 6 heteroatoms. The molecule has 1 saturated heterocycles. The number of piperazine rings is 1. The summed E-state index contributed by atoms with van der Waals surface area (Å²) in [4.78, 5) is 14.1. The molecule has 0 unspecified atom stereocenters. The molecule has 0 amide bonds. The highest BCUT2D eigenvalue weighted by Gasteiger charge is 2.16. The largest absolute Gasteiger partial charge is 0.370 e. The van der Waals surface area contributed by atoms with Crippen molar-refractivity contribution in [2.75, 3.05) is 42.9 Å². The third-order valence-corrected chi connectivity index (χ3v) is 4.19. The predicted molar refractivity (Wildman–Crippen MR) is 81.4 cm³/mol. The number of aromatic nitrogens is 2. The van der Waals surface area contributed by atoms with Crippen molar-refractivity contribution in [1.29, 1.82) is 0 Å². The fraction of sp³-hybridized carbons (Fsp3) is 0.538. The average Bonchev–Trinajstić information content (AvgIpc) is 2.80. The molecule has 0 atom stereocenters. The van der Waals surface area contributed by atoms with E-state index >= 15 is 0 Å². The Labute approximate surface area is 117 Å². The van der Waals surface area contributed by atoms with Gasteiger partial charge in [-0.05, 0) is 19.9 Å². The topological polar surface area (TPSA) is 53.1 Å². The lowest BCUT2D eigenvalue weighted by Gasteiger charge is -2.27. The summed E-state index contributed by atoms with van der Waals surface area (Å²) in [5.41, 5.74) is 0. The van der Waals surface area contributed by atoms with Crippen LogP contribution in [0.3, 0.4) is 0 Å². The third-order valence-electron chi connectivity index (χ3n) is 3.25. The summed E-state index contributed by atoms with van der Waals surface area (Å²) in [7, 11) is 0. The molecule has 1 aliphatic heterocycles. The zero-order chi connectivity index (χ0) is 13.2. The summed E-state index contributed by atoms with van der Waals surface area (Å²) < 4.78 is 0. The van der Waals surface area contributed by atoms with Gasteiger partial charge in [-0.1, -0.05) is 0 Å². The molecular weight excluding hydrogens is 258 g/mol. The highest BCUT2D eigenvalue weighted by Crippen LogP contribution is 2.30. The third kappa shape index (κ3) is 2.50. The first-order chi connectivity index (χ1) is 9.28. The van der Waals surface area contributed by atoms with Crippen molar-refractivity contribution in [3.63, 3.8) is 0 Å². The van der Waals surface area contributed by atoms with Crippen LogP contribution < -0.4 is 15.5 Å². The van der Waals surface area contributed by atoms with Crippen molar-refractivity contribution in [2.24, 2.45) is 0 Å². The van der Waals surface area contributed by atoms with E-state index in [4.69, 9.17) is 9.97 Å². The van der Waals surface area contributed by atoms with Crippen LogP contribution in [0.2, 0.25) is 0 Å². The van der Waals surface area contributed by atoms with E-state index in [-0.39, 0.29) is 0 Å². The van der Waals surface area contributed by atoms with Gasteiger partial charge < -0.3 is 15.5 Å². The first-order valence-electron chi connectivity index (χ1n) is 6.75. The maximum absolute atomic E-state index is 4.73. The molecule has 1 fully saturated rings. The molecule has 2 aromatic rings. The Morgan fingerprint density at radius 1 is 1.37 bits per heavy atom. The van der Waals surface area contributed by atoms with Gasteiger partial charge in [-0.15, -0.1) is 11.3 Å². The second kappa shape index (κ2) is 5.30. The molecule has 0 bridgehead atoms. The number of thiophene rings is 1. The van der Waals surface area contributed by atoms with Gasteiger partial charge >= 0.3 is 0 Å². The predicted octanol–water partition coefficient (Wildman–Crippen LogP) is 1.84. The minimum atomic E-state index is 0.854. The van der Waals surface area contributed by atoms with Crippen molar-refractivity contribution in [1.82, 2.24) is 15.3 Å². The summed E-state index contributed by atoms with van der Waals surface area (Å²) in [5, 5.41) is 7.85. The quantitative estimate of drug-likeness (QED) is 0.896. The smallest absolute Gasteiger partial charge is 0.228 e. The van der Waals surface area contributed by atoms with E-state index in [0.29, 0.717) is 0 Å². The van der Waals surface area contributed by atoms with Crippen molar-refractivity contribution < 1.29 is 0 Å². The van der Waals surface area contributed by atoms with Crippen LogP contribution in [0.15, 0.2) is 6.07 Å². The molecule has 102 valence electrons. The average molecular weight is 277 g/mol. The molecular formula is C13H19N5S. The van der Waals surface area contributed by atoms with Crippen LogP contribution in [0.1, 0.15) is 11.8 Å². The molecule has 0 aliphatic carbocycles. The van der Waals surface area contributed by atoms with Gasteiger partial charge in [-0.25, -0.2) is 4.98 Å². The van der Waals surface area contributed by atoms with E-state index in [1.54, 1.807) is 11.3 Å².